The highest BCUT2D eigenvalue weighted by atomic mass is 32.1. The number of carboxylic acid groups (broad SMARTS) is 4. The molecule has 0 heterocycles. The van der Waals surface area contributed by atoms with Gasteiger partial charge in [-0.05, 0) is 30.5 Å². The van der Waals surface area contributed by atoms with Crippen LogP contribution < -0.4 is 32.3 Å². The molecule has 21 heteroatoms. The van der Waals surface area contributed by atoms with Crippen molar-refractivity contribution in [3.8, 4) is 5.75 Å². The summed E-state index contributed by atoms with van der Waals surface area (Å²) in [5, 5.41) is 56.7. The molecule has 0 saturated heterocycles. The largest absolute Gasteiger partial charge is 0.508 e. The lowest BCUT2D eigenvalue weighted by Crippen LogP contribution is -2.57. The van der Waals surface area contributed by atoms with Crippen LogP contribution in [0.4, 0.5) is 0 Å². The van der Waals surface area contributed by atoms with Crippen molar-refractivity contribution in [3.05, 3.63) is 29.8 Å². The predicted molar refractivity (Wildman–Crippen MR) is 168 cm³/mol. The Balaban J connectivity index is 2.92. The van der Waals surface area contributed by atoms with Crippen LogP contribution in [0.3, 0.4) is 0 Å². The molecular weight excluding hydrogens is 676 g/mol. The lowest BCUT2D eigenvalue weighted by atomic mass is 10.1. The topological polar surface area (TPSA) is 341 Å². The second kappa shape index (κ2) is 20.7. The zero-order valence-electron chi connectivity index (χ0n) is 25.8. The quantitative estimate of drug-likeness (QED) is 0.0519. The van der Waals surface area contributed by atoms with E-state index >= 15 is 0 Å². The normalized spacial score (nSPS) is 13.7. The number of nitrogens with one attached hydrogen (secondary N) is 5. The van der Waals surface area contributed by atoms with Gasteiger partial charge in [-0.15, -0.1) is 0 Å². The molecular formula is C28H38N6O14S. The number of hydrogen-bond acceptors (Lipinski definition) is 12. The number of carbonyl (C=O) groups is 9. The summed E-state index contributed by atoms with van der Waals surface area (Å²) in [5.74, 6) is -11.2. The minimum absolute atomic E-state index is 0.0627. The van der Waals surface area contributed by atoms with Crippen molar-refractivity contribution >= 4 is 66.0 Å². The third kappa shape index (κ3) is 16.3. The molecule has 0 unspecified atom stereocenters. The van der Waals surface area contributed by atoms with Gasteiger partial charge in [-0.3, -0.25) is 38.4 Å². The Morgan fingerprint density at radius 2 is 1.18 bits per heavy atom. The van der Waals surface area contributed by atoms with E-state index < -0.39 is 116 Å². The van der Waals surface area contributed by atoms with E-state index in [9.17, 15) is 53.4 Å². The van der Waals surface area contributed by atoms with Crippen molar-refractivity contribution in [3.63, 3.8) is 0 Å². The number of phenols is 1. The standard InChI is InChI=1S/C28H38N6O14S/c29-15(5-7-21(37)38)24(43)32-17(10-23(41)42)25(44)30-11-20(36)31-16(6-8-22(39)40)26(45)34-19(12-49)27(46)33-18(28(47)48)9-13-1-3-14(35)4-2-13/h1-4,15-19,35,49H,5-12,29H2,(H,30,44)(H,31,36)(H,32,43)(H,33,46)(H,34,45)(H,37,38)(H,39,40)(H,41,42)(H,47,48)/t15-,16-,17-,18-,19-/m0/s1. The summed E-state index contributed by atoms with van der Waals surface area (Å²) in [5.41, 5.74) is 6.03. The molecule has 49 heavy (non-hydrogen) atoms. The summed E-state index contributed by atoms with van der Waals surface area (Å²) in [6, 6.07) is -2.12. The maximum absolute atomic E-state index is 13.0. The molecule has 0 bridgehead atoms. The third-order valence-electron chi connectivity index (χ3n) is 6.55. The number of carboxylic acids is 4. The number of aliphatic carboxylic acids is 4. The van der Waals surface area contributed by atoms with Gasteiger partial charge in [0.1, 0.15) is 29.9 Å². The third-order valence-corrected chi connectivity index (χ3v) is 6.91. The first-order valence-corrected chi connectivity index (χ1v) is 15.1. The van der Waals surface area contributed by atoms with Gasteiger partial charge in [-0.2, -0.15) is 12.6 Å². The first-order chi connectivity index (χ1) is 22.9. The van der Waals surface area contributed by atoms with Gasteiger partial charge < -0.3 is 57.9 Å². The molecule has 12 N–H and O–H groups in total. The highest BCUT2D eigenvalue weighted by Gasteiger charge is 2.30. The number of carbonyl (C=O) groups excluding carboxylic acids is 5. The van der Waals surface area contributed by atoms with Crippen molar-refractivity contribution in [1.29, 1.82) is 0 Å². The van der Waals surface area contributed by atoms with Crippen LogP contribution in [0.1, 0.15) is 37.7 Å². The Bertz CT molecular complexity index is 1390. The van der Waals surface area contributed by atoms with E-state index in [1.165, 1.54) is 24.3 Å². The molecule has 1 aromatic carbocycles. The van der Waals surface area contributed by atoms with Gasteiger partial charge in [-0.25, -0.2) is 4.79 Å². The number of rotatable bonds is 22. The van der Waals surface area contributed by atoms with Crippen LogP contribution in [-0.2, 0) is 49.6 Å². The molecule has 0 fully saturated rings. The summed E-state index contributed by atoms with van der Waals surface area (Å²) in [4.78, 5) is 108. The molecule has 0 spiro atoms. The molecule has 5 amide bonds. The minimum atomic E-state index is -1.74. The van der Waals surface area contributed by atoms with E-state index in [0.717, 1.165) is 0 Å². The van der Waals surface area contributed by atoms with Crippen LogP contribution in [-0.4, -0.2) is 121 Å². The van der Waals surface area contributed by atoms with Gasteiger partial charge in [0.05, 0.1) is 19.0 Å². The molecule has 20 nitrogen and oxygen atoms in total. The highest BCUT2D eigenvalue weighted by molar-refractivity contribution is 7.80. The zero-order chi connectivity index (χ0) is 37.3. The maximum atomic E-state index is 13.0. The fourth-order valence-electron chi connectivity index (χ4n) is 3.95. The van der Waals surface area contributed by atoms with Crippen LogP contribution >= 0.6 is 12.6 Å². The van der Waals surface area contributed by atoms with Crippen LogP contribution in [0.15, 0.2) is 24.3 Å². The number of nitrogens with two attached hydrogens (primary N) is 1. The van der Waals surface area contributed by atoms with E-state index in [0.29, 0.717) is 5.56 Å². The first-order valence-electron chi connectivity index (χ1n) is 14.4. The summed E-state index contributed by atoms with van der Waals surface area (Å²) in [6.45, 7) is -0.888. The molecule has 1 aromatic rings. The molecule has 0 aliphatic rings. The maximum Gasteiger partial charge on any atom is 0.326 e. The second-order valence-electron chi connectivity index (χ2n) is 10.5. The summed E-state index contributed by atoms with van der Waals surface area (Å²) in [7, 11) is 0. The Labute approximate surface area is 283 Å². The van der Waals surface area contributed by atoms with Crippen molar-refractivity contribution in [2.75, 3.05) is 12.3 Å². The number of benzene rings is 1. The summed E-state index contributed by atoms with van der Waals surface area (Å²) >= 11 is 4.01. The zero-order valence-corrected chi connectivity index (χ0v) is 26.7. The average molecular weight is 715 g/mol. The van der Waals surface area contributed by atoms with Crippen LogP contribution in [0.5, 0.6) is 5.75 Å². The number of aromatic hydroxyl groups is 1. The van der Waals surface area contributed by atoms with Gasteiger partial charge in [-0.1, -0.05) is 12.1 Å². The number of amides is 5. The molecule has 0 saturated carbocycles. The van der Waals surface area contributed by atoms with Crippen molar-refractivity contribution in [1.82, 2.24) is 26.6 Å². The fraction of sp³-hybridized carbons (Fsp3) is 0.464. The first kappa shape index (κ1) is 41.6. The van der Waals surface area contributed by atoms with Crippen molar-refractivity contribution < 1.29 is 68.7 Å². The number of hydrogen-bond donors (Lipinski definition) is 12. The minimum Gasteiger partial charge on any atom is -0.508 e. The molecule has 270 valence electrons. The van der Waals surface area contributed by atoms with Gasteiger partial charge >= 0.3 is 23.9 Å². The van der Waals surface area contributed by atoms with E-state index in [2.05, 4.69) is 39.2 Å². The van der Waals surface area contributed by atoms with E-state index in [-0.39, 0.29) is 24.3 Å². The Kier molecular flexibility index (Phi) is 17.6. The predicted octanol–water partition coefficient (Wildman–Crippen LogP) is -3.46. The number of phenolic OH excluding ortho intramolecular Hbond substituents is 1. The monoisotopic (exact) mass is 714 g/mol. The van der Waals surface area contributed by atoms with Crippen LogP contribution in [0.25, 0.3) is 0 Å². The molecule has 0 radical (unpaired) electrons. The van der Waals surface area contributed by atoms with Crippen LogP contribution in [0.2, 0.25) is 0 Å². The number of thiol groups is 1. The lowest BCUT2D eigenvalue weighted by molar-refractivity contribution is -0.142. The summed E-state index contributed by atoms with van der Waals surface area (Å²) in [6.07, 6.45) is -3.06. The second-order valence-corrected chi connectivity index (χ2v) is 10.8. The van der Waals surface area contributed by atoms with Gasteiger partial charge in [0.15, 0.2) is 0 Å². The molecule has 0 aliphatic heterocycles. The van der Waals surface area contributed by atoms with Crippen molar-refractivity contribution in [2.24, 2.45) is 5.73 Å². The molecule has 0 aliphatic carbocycles. The molecule has 5 atom stereocenters. The molecule has 0 aromatic heterocycles. The van der Waals surface area contributed by atoms with Gasteiger partial charge in [0.2, 0.25) is 29.5 Å². The average Bonchev–Trinajstić information content (AvgIpc) is 3.02. The van der Waals surface area contributed by atoms with Crippen LogP contribution in [0, 0.1) is 0 Å². The van der Waals surface area contributed by atoms with E-state index in [1.807, 2.05) is 0 Å². The Morgan fingerprint density at radius 3 is 1.71 bits per heavy atom. The highest BCUT2D eigenvalue weighted by Crippen LogP contribution is 2.12. The summed E-state index contributed by atoms with van der Waals surface area (Å²) < 4.78 is 0. The van der Waals surface area contributed by atoms with Gasteiger partial charge in [0, 0.05) is 25.0 Å². The smallest absolute Gasteiger partial charge is 0.326 e. The Hall–Kier alpha value is -5.44. The fourth-order valence-corrected chi connectivity index (χ4v) is 4.21. The van der Waals surface area contributed by atoms with E-state index in [4.69, 9.17) is 21.1 Å². The van der Waals surface area contributed by atoms with Crippen molar-refractivity contribution in [2.45, 2.75) is 68.7 Å². The lowest BCUT2D eigenvalue weighted by Gasteiger charge is -2.24. The SMILES string of the molecule is N[C@@H](CCC(=O)O)C(=O)N[C@@H](CC(=O)O)C(=O)NCC(=O)N[C@@H](CCC(=O)O)C(=O)N[C@@H](CS)C(=O)N[C@@H](Cc1ccc(O)cc1)C(=O)O. The van der Waals surface area contributed by atoms with E-state index in [1.54, 1.807) is 0 Å². The Morgan fingerprint density at radius 1 is 0.653 bits per heavy atom. The van der Waals surface area contributed by atoms with Gasteiger partial charge in [0.25, 0.3) is 0 Å². The molecule has 1 rings (SSSR count).